The fraction of sp³-hybridized carbons (Fsp3) is 0.710. The van der Waals surface area contributed by atoms with E-state index in [-0.39, 0.29) is 12.3 Å². The van der Waals surface area contributed by atoms with Crippen LogP contribution in [0, 0.1) is 11.8 Å². The molecule has 296 valence electrons. The molecule has 0 fully saturated rings. The van der Waals surface area contributed by atoms with Crippen LogP contribution in [-0.4, -0.2) is 125 Å². The van der Waals surface area contributed by atoms with Crippen LogP contribution in [0.3, 0.4) is 0 Å². The van der Waals surface area contributed by atoms with Crippen molar-refractivity contribution in [3.63, 3.8) is 0 Å². The van der Waals surface area contributed by atoms with E-state index in [4.69, 9.17) is 22.3 Å². The number of amides is 8. The quantitative estimate of drug-likeness (QED) is 0.0412. The van der Waals surface area contributed by atoms with Gasteiger partial charge in [0, 0.05) is 0 Å². The number of nitrogens with two attached hydrogens (primary N) is 3. The standard InChI is InChI=1S/C31H56N10O11/c1-14(2)23(34)29(50)38-18(9-7-8-10-32)28(49)40-24(15(3)4)31(52)41-25(17(6)42)30(51)35-12-21(44)37-16(5)26(47)39-19(11-20(33)43)27(48)36-13-22(45)46/h14-19,23-25,42H,7-13,32,34H2,1-6H3,(H2,33,43)(H,35,51)(H,36,48)(H,37,44)(H,38,50)(H,39,47)(H,40,49)(H,41,52)(H,45,46). The lowest BCUT2D eigenvalue weighted by molar-refractivity contribution is -0.138. The lowest BCUT2D eigenvalue weighted by atomic mass is 10.00. The van der Waals surface area contributed by atoms with Gasteiger partial charge in [0.1, 0.15) is 36.8 Å². The van der Waals surface area contributed by atoms with Crippen LogP contribution in [-0.2, 0) is 43.2 Å². The summed E-state index contributed by atoms with van der Waals surface area (Å²) in [6, 6.07) is -7.60. The number of hydrogen-bond acceptors (Lipinski definition) is 12. The van der Waals surface area contributed by atoms with E-state index in [9.17, 15) is 48.3 Å². The summed E-state index contributed by atoms with van der Waals surface area (Å²) in [5, 5.41) is 35.3. The summed E-state index contributed by atoms with van der Waals surface area (Å²) in [6.45, 7) is 8.01. The number of carbonyl (C=O) groups excluding carboxylic acids is 8. The minimum absolute atomic E-state index is 0.209. The van der Waals surface area contributed by atoms with Crippen LogP contribution >= 0.6 is 0 Å². The highest BCUT2D eigenvalue weighted by atomic mass is 16.4. The van der Waals surface area contributed by atoms with Crippen LogP contribution in [0.15, 0.2) is 0 Å². The van der Waals surface area contributed by atoms with Crippen molar-refractivity contribution in [3.8, 4) is 0 Å². The van der Waals surface area contributed by atoms with Crippen molar-refractivity contribution in [1.29, 1.82) is 0 Å². The van der Waals surface area contributed by atoms with E-state index >= 15 is 0 Å². The number of carboxylic acid groups (broad SMARTS) is 1. The van der Waals surface area contributed by atoms with E-state index in [0.29, 0.717) is 19.4 Å². The first kappa shape index (κ1) is 47.1. The maximum absolute atomic E-state index is 13.3. The van der Waals surface area contributed by atoms with E-state index in [1.54, 1.807) is 27.7 Å². The van der Waals surface area contributed by atoms with Gasteiger partial charge >= 0.3 is 5.97 Å². The molecular formula is C31H56N10O11. The van der Waals surface area contributed by atoms with Gasteiger partial charge in [-0.15, -0.1) is 0 Å². The van der Waals surface area contributed by atoms with Gasteiger partial charge in [0.25, 0.3) is 0 Å². The number of rotatable bonds is 24. The van der Waals surface area contributed by atoms with Gasteiger partial charge in [-0.25, -0.2) is 0 Å². The van der Waals surface area contributed by atoms with E-state index in [2.05, 4.69) is 31.9 Å². The molecule has 0 rings (SSSR count). The average Bonchev–Trinajstić information content (AvgIpc) is 3.05. The second-order valence-electron chi connectivity index (χ2n) is 12.9. The van der Waals surface area contributed by atoms with Crippen molar-refractivity contribution in [1.82, 2.24) is 37.2 Å². The van der Waals surface area contributed by atoms with Crippen LogP contribution in [0.1, 0.15) is 67.2 Å². The predicted molar refractivity (Wildman–Crippen MR) is 185 cm³/mol. The molecule has 0 heterocycles. The molecule has 21 nitrogen and oxygen atoms in total. The zero-order valence-corrected chi connectivity index (χ0v) is 30.4. The number of carboxylic acids is 1. The molecule has 0 aromatic carbocycles. The first-order valence-corrected chi connectivity index (χ1v) is 16.8. The molecule has 0 bridgehead atoms. The number of primary amides is 1. The maximum Gasteiger partial charge on any atom is 0.322 e. The van der Waals surface area contributed by atoms with Crippen molar-refractivity contribution in [3.05, 3.63) is 0 Å². The number of aliphatic carboxylic acids is 1. The van der Waals surface area contributed by atoms with Crippen LogP contribution in [0.25, 0.3) is 0 Å². The molecule has 0 aliphatic carbocycles. The summed E-state index contributed by atoms with van der Waals surface area (Å²) in [4.78, 5) is 112. The van der Waals surface area contributed by atoms with Crippen molar-refractivity contribution < 1.29 is 53.4 Å². The lowest BCUT2D eigenvalue weighted by Gasteiger charge is -2.28. The molecule has 0 aliphatic rings. The highest BCUT2D eigenvalue weighted by molar-refractivity contribution is 5.97. The van der Waals surface area contributed by atoms with Gasteiger partial charge in [-0.1, -0.05) is 27.7 Å². The predicted octanol–water partition coefficient (Wildman–Crippen LogP) is -5.23. The molecule has 0 aromatic heterocycles. The van der Waals surface area contributed by atoms with Crippen LogP contribution in [0.5, 0.6) is 0 Å². The van der Waals surface area contributed by atoms with Crippen LogP contribution in [0.4, 0.5) is 0 Å². The van der Waals surface area contributed by atoms with Gasteiger partial charge in [0.05, 0.1) is 25.1 Å². The first-order valence-electron chi connectivity index (χ1n) is 16.8. The third-order valence-corrected chi connectivity index (χ3v) is 7.56. The minimum Gasteiger partial charge on any atom is -0.480 e. The third kappa shape index (κ3) is 17.9. The molecule has 7 atom stereocenters. The zero-order valence-electron chi connectivity index (χ0n) is 30.4. The Kier molecular flexibility index (Phi) is 21.3. The second kappa shape index (κ2) is 23.6. The Morgan fingerprint density at radius 3 is 1.67 bits per heavy atom. The van der Waals surface area contributed by atoms with Crippen LogP contribution in [0.2, 0.25) is 0 Å². The Hall–Kier alpha value is -4.89. The first-order chi connectivity index (χ1) is 24.1. The number of nitrogens with one attached hydrogen (secondary N) is 7. The molecular weight excluding hydrogens is 688 g/mol. The molecule has 0 spiro atoms. The lowest BCUT2D eigenvalue weighted by Crippen LogP contribution is -2.61. The molecule has 0 aromatic rings. The van der Waals surface area contributed by atoms with E-state index < -0.39 is 121 Å². The molecule has 0 aliphatic heterocycles. The minimum atomic E-state index is -1.60. The summed E-state index contributed by atoms with van der Waals surface area (Å²) in [5.74, 6) is -9.01. The highest BCUT2D eigenvalue weighted by Crippen LogP contribution is 2.08. The Bertz CT molecular complexity index is 1280. The smallest absolute Gasteiger partial charge is 0.322 e. The highest BCUT2D eigenvalue weighted by Gasteiger charge is 2.34. The summed E-state index contributed by atoms with van der Waals surface area (Å²) in [5.41, 5.74) is 16.6. The molecule has 8 amide bonds. The molecule has 0 radical (unpaired) electrons. The molecule has 7 unspecified atom stereocenters. The monoisotopic (exact) mass is 744 g/mol. The maximum atomic E-state index is 13.3. The number of hydrogen-bond donors (Lipinski definition) is 12. The fourth-order valence-electron chi connectivity index (χ4n) is 4.40. The van der Waals surface area contributed by atoms with Gasteiger partial charge in [0.15, 0.2) is 0 Å². The van der Waals surface area contributed by atoms with Gasteiger partial charge in [-0.05, 0) is 51.5 Å². The van der Waals surface area contributed by atoms with Crippen molar-refractivity contribution in [2.45, 2.75) is 110 Å². The zero-order chi connectivity index (χ0) is 40.3. The molecule has 15 N–H and O–H groups in total. The topological polar surface area (TPSA) is 356 Å². The normalized spacial score (nSPS) is 15.1. The summed E-state index contributed by atoms with van der Waals surface area (Å²) in [6.07, 6.45) is -0.863. The van der Waals surface area contributed by atoms with Gasteiger partial charge in [0.2, 0.25) is 47.3 Å². The van der Waals surface area contributed by atoms with Crippen molar-refractivity contribution in [2.75, 3.05) is 19.6 Å². The van der Waals surface area contributed by atoms with Gasteiger partial charge in [-0.2, -0.15) is 0 Å². The number of unbranched alkanes of at least 4 members (excludes halogenated alkanes) is 1. The fourth-order valence-corrected chi connectivity index (χ4v) is 4.40. The number of carbonyl (C=O) groups is 9. The van der Waals surface area contributed by atoms with E-state index in [0.717, 1.165) is 0 Å². The van der Waals surface area contributed by atoms with E-state index in [1.165, 1.54) is 13.8 Å². The number of aliphatic hydroxyl groups is 1. The SMILES string of the molecule is CC(NC(=O)CNC(=O)C(NC(=O)C(NC(=O)C(CCCCN)NC(=O)C(N)C(C)C)C(C)C)C(C)O)C(=O)NC(CC(N)=O)C(=O)NCC(=O)O. The Morgan fingerprint density at radius 1 is 0.615 bits per heavy atom. The van der Waals surface area contributed by atoms with Crippen molar-refractivity contribution in [2.24, 2.45) is 29.0 Å². The molecule has 0 saturated heterocycles. The van der Waals surface area contributed by atoms with E-state index in [1.807, 2.05) is 5.32 Å². The molecule has 21 heteroatoms. The molecule has 0 saturated carbocycles. The Morgan fingerprint density at radius 2 is 1.17 bits per heavy atom. The van der Waals surface area contributed by atoms with Crippen molar-refractivity contribution >= 4 is 53.2 Å². The van der Waals surface area contributed by atoms with Gasteiger partial charge < -0.3 is 64.6 Å². The Labute approximate surface area is 302 Å². The average molecular weight is 745 g/mol. The molecule has 52 heavy (non-hydrogen) atoms. The number of aliphatic hydroxyl groups excluding tert-OH is 1. The largest absolute Gasteiger partial charge is 0.480 e. The third-order valence-electron chi connectivity index (χ3n) is 7.56. The van der Waals surface area contributed by atoms with Gasteiger partial charge in [-0.3, -0.25) is 43.2 Å². The van der Waals surface area contributed by atoms with Crippen LogP contribution < -0.4 is 54.4 Å². The summed E-state index contributed by atoms with van der Waals surface area (Å²) < 4.78 is 0. The second-order valence-corrected chi connectivity index (χ2v) is 12.9. The Balaban J connectivity index is 5.51. The summed E-state index contributed by atoms with van der Waals surface area (Å²) in [7, 11) is 0. The summed E-state index contributed by atoms with van der Waals surface area (Å²) >= 11 is 0.